The van der Waals surface area contributed by atoms with E-state index in [1.54, 1.807) is 6.92 Å². The molecule has 0 aliphatic rings. The quantitative estimate of drug-likeness (QED) is 0.829. The molecule has 84 valence electrons. The molecule has 5 heteroatoms. The number of hydrogen-bond acceptors (Lipinski definition) is 2. The van der Waals surface area contributed by atoms with Crippen molar-refractivity contribution in [1.29, 1.82) is 0 Å². The molecule has 0 spiro atoms. The molecule has 0 unspecified atom stereocenters. The van der Waals surface area contributed by atoms with Gasteiger partial charge in [0.2, 0.25) is 0 Å². The Morgan fingerprint density at radius 1 is 1.33 bits per heavy atom. The van der Waals surface area contributed by atoms with Crippen molar-refractivity contribution in [3.8, 4) is 11.5 Å². The average Bonchev–Trinajstić information content (AvgIpc) is 2.07. The van der Waals surface area contributed by atoms with E-state index in [-0.39, 0.29) is 23.7 Å². The number of phenols is 1. The predicted octanol–water partition coefficient (Wildman–Crippen LogP) is 3.12. The second-order valence-electron chi connectivity index (χ2n) is 3.07. The van der Waals surface area contributed by atoms with Crippen LogP contribution in [0, 0.1) is 6.92 Å². The second kappa shape index (κ2) is 4.00. The molecule has 0 amide bonds. The third-order valence-corrected chi connectivity index (χ3v) is 1.91. The minimum atomic E-state index is -4.43. The molecule has 1 aromatic carbocycles. The predicted molar refractivity (Wildman–Crippen MR) is 49.0 cm³/mol. The molecule has 0 saturated heterocycles. The number of rotatable bonds is 2. The largest absolute Gasteiger partial charge is 0.504 e. The van der Waals surface area contributed by atoms with Crippen molar-refractivity contribution < 1.29 is 23.0 Å². The van der Waals surface area contributed by atoms with E-state index in [0.717, 1.165) is 12.1 Å². The lowest BCUT2D eigenvalue weighted by atomic mass is 10.1. The van der Waals surface area contributed by atoms with Crippen LogP contribution in [-0.4, -0.2) is 11.7 Å². The van der Waals surface area contributed by atoms with Gasteiger partial charge >= 0.3 is 6.18 Å². The molecular formula is C10H11F3O2. The van der Waals surface area contributed by atoms with Gasteiger partial charge in [-0.1, -0.05) is 0 Å². The third kappa shape index (κ3) is 2.55. The zero-order valence-corrected chi connectivity index (χ0v) is 8.35. The highest BCUT2D eigenvalue weighted by molar-refractivity contribution is 5.47. The maximum Gasteiger partial charge on any atom is 0.416 e. The Labute approximate surface area is 85.3 Å². The fraction of sp³-hybridized carbons (Fsp3) is 0.400. The van der Waals surface area contributed by atoms with Gasteiger partial charge < -0.3 is 9.84 Å². The summed E-state index contributed by atoms with van der Waals surface area (Å²) in [7, 11) is 0. The van der Waals surface area contributed by atoms with E-state index >= 15 is 0 Å². The number of aryl methyl sites for hydroxylation is 1. The summed E-state index contributed by atoms with van der Waals surface area (Å²) in [6, 6.07) is 1.86. The van der Waals surface area contributed by atoms with E-state index in [4.69, 9.17) is 4.74 Å². The number of alkyl halides is 3. The van der Waals surface area contributed by atoms with Crippen LogP contribution in [0.1, 0.15) is 18.1 Å². The van der Waals surface area contributed by atoms with Crippen molar-refractivity contribution in [2.24, 2.45) is 0 Å². The van der Waals surface area contributed by atoms with Gasteiger partial charge in [0.1, 0.15) is 0 Å². The molecule has 1 rings (SSSR count). The highest BCUT2D eigenvalue weighted by atomic mass is 19.4. The average molecular weight is 220 g/mol. The maximum atomic E-state index is 12.5. The smallest absolute Gasteiger partial charge is 0.416 e. The lowest BCUT2D eigenvalue weighted by Gasteiger charge is -2.13. The van der Waals surface area contributed by atoms with Crippen LogP contribution in [0.2, 0.25) is 0 Å². The van der Waals surface area contributed by atoms with Crippen LogP contribution in [0.15, 0.2) is 12.1 Å². The molecule has 15 heavy (non-hydrogen) atoms. The summed E-state index contributed by atoms with van der Waals surface area (Å²) in [5.41, 5.74) is -0.813. The van der Waals surface area contributed by atoms with Crippen LogP contribution < -0.4 is 4.74 Å². The van der Waals surface area contributed by atoms with Crippen molar-refractivity contribution >= 4 is 0 Å². The number of phenolic OH excluding ortho intramolecular Hbond substituents is 1. The molecule has 0 fully saturated rings. The molecule has 1 aromatic rings. The number of aromatic hydroxyl groups is 1. The summed E-state index contributed by atoms with van der Waals surface area (Å²) >= 11 is 0. The van der Waals surface area contributed by atoms with Crippen LogP contribution in [0.4, 0.5) is 13.2 Å². The first-order valence-corrected chi connectivity index (χ1v) is 4.40. The van der Waals surface area contributed by atoms with Crippen LogP contribution in [0.5, 0.6) is 11.5 Å². The number of benzene rings is 1. The summed E-state index contributed by atoms with van der Waals surface area (Å²) in [6.45, 7) is 3.12. The molecule has 0 heterocycles. The SMILES string of the molecule is CCOc1cc(C(F)(F)F)c(C)cc1O. The monoisotopic (exact) mass is 220 g/mol. The molecule has 0 radical (unpaired) electrons. The van der Waals surface area contributed by atoms with E-state index < -0.39 is 11.7 Å². The second-order valence-corrected chi connectivity index (χ2v) is 3.07. The van der Waals surface area contributed by atoms with Crippen LogP contribution in [0.25, 0.3) is 0 Å². The lowest BCUT2D eigenvalue weighted by molar-refractivity contribution is -0.138. The molecule has 0 saturated carbocycles. The van der Waals surface area contributed by atoms with Gasteiger partial charge in [0.25, 0.3) is 0 Å². The van der Waals surface area contributed by atoms with Crippen molar-refractivity contribution in [2.45, 2.75) is 20.0 Å². The molecule has 0 bridgehead atoms. The van der Waals surface area contributed by atoms with Gasteiger partial charge in [0.15, 0.2) is 11.5 Å². The van der Waals surface area contributed by atoms with E-state index in [2.05, 4.69) is 0 Å². The third-order valence-electron chi connectivity index (χ3n) is 1.91. The molecule has 0 atom stereocenters. The highest BCUT2D eigenvalue weighted by Gasteiger charge is 2.33. The first kappa shape index (κ1) is 11.7. The standard InChI is InChI=1S/C10H11F3O2/c1-3-15-9-5-7(10(11,12)13)6(2)4-8(9)14/h4-5,14H,3H2,1-2H3. The van der Waals surface area contributed by atoms with Gasteiger partial charge in [-0.05, 0) is 31.5 Å². The fourth-order valence-electron chi connectivity index (χ4n) is 1.25. The first-order valence-electron chi connectivity index (χ1n) is 4.40. The zero-order valence-electron chi connectivity index (χ0n) is 8.35. The van der Waals surface area contributed by atoms with E-state index in [9.17, 15) is 18.3 Å². The number of hydrogen-bond donors (Lipinski definition) is 1. The minimum absolute atomic E-state index is 0.0246. The Morgan fingerprint density at radius 3 is 2.40 bits per heavy atom. The highest BCUT2D eigenvalue weighted by Crippen LogP contribution is 2.38. The topological polar surface area (TPSA) is 29.5 Å². The van der Waals surface area contributed by atoms with Crippen molar-refractivity contribution in [2.75, 3.05) is 6.61 Å². The molecule has 0 aliphatic carbocycles. The number of ether oxygens (including phenoxy) is 1. The Balaban J connectivity index is 3.23. The molecule has 2 nitrogen and oxygen atoms in total. The Hall–Kier alpha value is -1.39. The van der Waals surface area contributed by atoms with Crippen LogP contribution in [0.3, 0.4) is 0 Å². The van der Waals surface area contributed by atoms with Gasteiger partial charge in [0.05, 0.1) is 12.2 Å². The van der Waals surface area contributed by atoms with Crippen molar-refractivity contribution in [3.05, 3.63) is 23.3 Å². The number of halogens is 3. The van der Waals surface area contributed by atoms with E-state index in [0.29, 0.717) is 0 Å². The van der Waals surface area contributed by atoms with Crippen LogP contribution >= 0.6 is 0 Å². The zero-order chi connectivity index (χ0) is 11.6. The van der Waals surface area contributed by atoms with E-state index in [1.165, 1.54) is 6.92 Å². The van der Waals surface area contributed by atoms with Gasteiger partial charge in [-0.3, -0.25) is 0 Å². The Bertz CT molecular complexity index is 358. The van der Waals surface area contributed by atoms with E-state index in [1.807, 2.05) is 0 Å². The summed E-state index contributed by atoms with van der Waals surface area (Å²) in [6.07, 6.45) is -4.43. The van der Waals surface area contributed by atoms with Gasteiger partial charge in [-0.25, -0.2) is 0 Å². The van der Waals surface area contributed by atoms with Gasteiger partial charge in [-0.2, -0.15) is 13.2 Å². The van der Waals surface area contributed by atoms with Crippen molar-refractivity contribution in [3.63, 3.8) is 0 Å². The maximum absolute atomic E-state index is 12.5. The molecule has 1 N–H and O–H groups in total. The van der Waals surface area contributed by atoms with Crippen LogP contribution in [-0.2, 0) is 6.18 Å². The Kier molecular flexibility index (Phi) is 3.12. The molecular weight excluding hydrogens is 209 g/mol. The fourth-order valence-corrected chi connectivity index (χ4v) is 1.25. The molecule has 0 aromatic heterocycles. The summed E-state index contributed by atoms with van der Waals surface area (Å²) in [4.78, 5) is 0. The Morgan fingerprint density at radius 2 is 1.93 bits per heavy atom. The van der Waals surface area contributed by atoms with Gasteiger partial charge in [0, 0.05) is 0 Å². The first-order chi connectivity index (χ1) is 6.86. The normalized spacial score (nSPS) is 11.5. The summed E-state index contributed by atoms with van der Waals surface area (Å²) < 4.78 is 42.3. The molecule has 0 aliphatic heterocycles. The summed E-state index contributed by atoms with van der Waals surface area (Å²) in [5.74, 6) is -0.419. The summed E-state index contributed by atoms with van der Waals surface area (Å²) in [5, 5.41) is 9.32. The minimum Gasteiger partial charge on any atom is -0.504 e. The lowest BCUT2D eigenvalue weighted by Crippen LogP contribution is -2.08. The van der Waals surface area contributed by atoms with Gasteiger partial charge in [-0.15, -0.1) is 0 Å². The van der Waals surface area contributed by atoms with Crippen molar-refractivity contribution in [1.82, 2.24) is 0 Å².